The Morgan fingerprint density at radius 2 is 1.75 bits per heavy atom. The molecule has 0 amide bonds. The minimum Gasteiger partial charge on any atom is -0.170 e. The molecule has 1 atom stereocenters. The fraction of sp³-hybridized carbons (Fsp3) is 0.200. The summed E-state index contributed by atoms with van der Waals surface area (Å²) in [5.74, 6) is -1.56. The van der Waals surface area contributed by atoms with Crippen molar-refractivity contribution in [3.8, 4) is 11.1 Å². The van der Waals surface area contributed by atoms with Gasteiger partial charge in [-0.25, -0.2) is 0 Å². The fourth-order valence-electron chi connectivity index (χ4n) is 3.55. The second kappa shape index (κ2) is 5.49. The topological polar surface area (TPSA) is 0 Å². The Morgan fingerprint density at radius 1 is 1.00 bits per heavy atom. The number of thiophene rings is 1. The van der Waals surface area contributed by atoms with E-state index >= 15 is 0 Å². The lowest BCUT2D eigenvalue weighted by Gasteiger charge is -2.22. The first-order chi connectivity index (χ1) is 11.4. The van der Waals surface area contributed by atoms with Gasteiger partial charge in [-0.1, -0.05) is 42.5 Å². The maximum absolute atomic E-state index is 13.9. The number of hydrogen-bond acceptors (Lipinski definition) is 1. The van der Waals surface area contributed by atoms with Crippen molar-refractivity contribution in [2.75, 3.05) is 0 Å². The standard InChI is InChI=1S/C20H15F3S/c1-12-9-18(24-11-12)19(20(21,22)23)16-8-4-7-15-14-6-3-2-5-13(14)10-17(15)16/h2-9,11,19H,10H2,1H3. The molecule has 0 N–H and O–H groups in total. The zero-order valence-electron chi connectivity index (χ0n) is 13.0. The van der Waals surface area contributed by atoms with Crippen LogP contribution in [0, 0.1) is 6.92 Å². The molecule has 0 fully saturated rings. The van der Waals surface area contributed by atoms with E-state index in [1.54, 1.807) is 23.6 Å². The van der Waals surface area contributed by atoms with Crippen LogP contribution in [-0.2, 0) is 6.42 Å². The van der Waals surface area contributed by atoms with Gasteiger partial charge in [0.15, 0.2) is 0 Å². The molecule has 1 heterocycles. The molecule has 0 saturated heterocycles. The molecule has 122 valence electrons. The number of hydrogen-bond donors (Lipinski definition) is 0. The molecule has 0 radical (unpaired) electrons. The first-order valence-corrected chi connectivity index (χ1v) is 8.65. The highest BCUT2D eigenvalue weighted by Gasteiger charge is 2.44. The summed E-state index contributed by atoms with van der Waals surface area (Å²) >= 11 is 1.19. The summed E-state index contributed by atoms with van der Waals surface area (Å²) in [6.07, 6.45) is -3.74. The third-order valence-corrected chi connectivity index (χ3v) is 5.68. The van der Waals surface area contributed by atoms with Gasteiger partial charge in [-0.2, -0.15) is 13.2 Å². The van der Waals surface area contributed by atoms with E-state index in [1.807, 2.05) is 37.3 Å². The second-order valence-corrected chi connectivity index (χ2v) is 7.15. The Kier molecular flexibility index (Phi) is 3.53. The lowest BCUT2D eigenvalue weighted by atomic mass is 9.89. The summed E-state index contributed by atoms with van der Waals surface area (Å²) < 4.78 is 41.7. The van der Waals surface area contributed by atoms with E-state index in [-0.39, 0.29) is 0 Å². The van der Waals surface area contributed by atoms with Crippen molar-refractivity contribution in [1.29, 1.82) is 0 Å². The van der Waals surface area contributed by atoms with Gasteiger partial charge in [0.2, 0.25) is 0 Å². The summed E-state index contributed by atoms with van der Waals surface area (Å²) in [4.78, 5) is 0.365. The first-order valence-electron chi connectivity index (χ1n) is 7.77. The molecule has 0 spiro atoms. The molecule has 4 heteroatoms. The summed E-state index contributed by atoms with van der Waals surface area (Å²) in [5.41, 5.74) is 5.16. The van der Waals surface area contributed by atoms with E-state index in [0.717, 1.165) is 27.8 Å². The predicted octanol–water partition coefficient (Wildman–Crippen LogP) is 6.32. The van der Waals surface area contributed by atoms with Gasteiger partial charge in [-0.15, -0.1) is 11.3 Å². The highest BCUT2D eigenvalue weighted by atomic mass is 32.1. The molecule has 3 aromatic rings. The number of aryl methyl sites for hydroxylation is 1. The average molecular weight is 344 g/mol. The highest BCUT2D eigenvalue weighted by molar-refractivity contribution is 7.10. The van der Waals surface area contributed by atoms with Crippen LogP contribution in [-0.4, -0.2) is 6.18 Å². The van der Waals surface area contributed by atoms with Gasteiger partial charge in [0.25, 0.3) is 0 Å². The van der Waals surface area contributed by atoms with E-state index in [4.69, 9.17) is 0 Å². The summed E-state index contributed by atoms with van der Waals surface area (Å²) in [7, 11) is 0. The van der Waals surface area contributed by atoms with Crippen LogP contribution >= 0.6 is 11.3 Å². The van der Waals surface area contributed by atoms with Crippen LogP contribution < -0.4 is 0 Å². The molecule has 4 rings (SSSR count). The van der Waals surface area contributed by atoms with E-state index in [2.05, 4.69) is 0 Å². The zero-order chi connectivity index (χ0) is 16.9. The average Bonchev–Trinajstić information content (AvgIpc) is 3.10. The van der Waals surface area contributed by atoms with E-state index in [1.165, 1.54) is 11.3 Å². The number of benzene rings is 2. The van der Waals surface area contributed by atoms with Crippen LogP contribution in [0.15, 0.2) is 53.9 Å². The maximum Gasteiger partial charge on any atom is 0.400 e. The normalized spacial score (nSPS) is 14.3. The molecule has 0 aliphatic heterocycles. The molecule has 0 bridgehead atoms. The minimum absolute atomic E-state index is 0.365. The molecular formula is C20H15F3S. The monoisotopic (exact) mass is 344 g/mol. The summed E-state index contributed by atoms with van der Waals surface area (Å²) in [6, 6.07) is 14.8. The summed E-state index contributed by atoms with van der Waals surface area (Å²) in [5, 5.41) is 1.78. The molecule has 0 nitrogen and oxygen atoms in total. The van der Waals surface area contributed by atoms with Crippen molar-refractivity contribution in [2.45, 2.75) is 25.4 Å². The van der Waals surface area contributed by atoms with Crippen LogP contribution in [0.25, 0.3) is 11.1 Å². The molecule has 0 saturated carbocycles. The van der Waals surface area contributed by atoms with Gasteiger partial charge in [0, 0.05) is 4.88 Å². The highest BCUT2D eigenvalue weighted by Crippen LogP contribution is 2.47. The van der Waals surface area contributed by atoms with Crippen LogP contribution in [0.3, 0.4) is 0 Å². The van der Waals surface area contributed by atoms with Gasteiger partial charge >= 0.3 is 6.18 Å². The largest absolute Gasteiger partial charge is 0.400 e. The molecule has 1 aliphatic carbocycles. The molecule has 1 aliphatic rings. The first kappa shape index (κ1) is 15.5. The molecule has 2 aromatic carbocycles. The van der Waals surface area contributed by atoms with E-state index in [9.17, 15) is 13.2 Å². The van der Waals surface area contributed by atoms with E-state index in [0.29, 0.717) is 16.9 Å². The van der Waals surface area contributed by atoms with Crippen LogP contribution in [0.1, 0.15) is 33.0 Å². The number of halogens is 3. The van der Waals surface area contributed by atoms with Crippen molar-refractivity contribution < 1.29 is 13.2 Å². The van der Waals surface area contributed by atoms with Gasteiger partial charge in [-0.05, 0) is 58.2 Å². The molecule has 1 unspecified atom stereocenters. The third kappa shape index (κ3) is 2.46. The number of rotatable bonds is 2. The summed E-state index contributed by atoms with van der Waals surface area (Å²) in [6.45, 7) is 1.83. The fourth-order valence-corrected chi connectivity index (χ4v) is 4.59. The van der Waals surface area contributed by atoms with Crippen molar-refractivity contribution in [2.24, 2.45) is 0 Å². The molecule has 24 heavy (non-hydrogen) atoms. The van der Waals surface area contributed by atoms with Crippen LogP contribution in [0.5, 0.6) is 0 Å². The van der Waals surface area contributed by atoms with Crippen molar-refractivity contribution in [3.05, 3.63) is 81.0 Å². The Balaban J connectivity index is 1.90. The Labute approximate surface area is 142 Å². The van der Waals surface area contributed by atoms with Crippen LogP contribution in [0.4, 0.5) is 13.2 Å². The Bertz CT molecular complexity index is 905. The smallest absolute Gasteiger partial charge is 0.170 e. The quantitative estimate of drug-likeness (QED) is 0.399. The minimum atomic E-state index is -4.30. The van der Waals surface area contributed by atoms with Gasteiger partial charge in [0.1, 0.15) is 5.92 Å². The van der Waals surface area contributed by atoms with Crippen LogP contribution in [0.2, 0.25) is 0 Å². The van der Waals surface area contributed by atoms with Crippen molar-refractivity contribution >= 4 is 11.3 Å². The van der Waals surface area contributed by atoms with Gasteiger partial charge in [0.05, 0.1) is 0 Å². The maximum atomic E-state index is 13.9. The third-order valence-electron chi connectivity index (χ3n) is 4.56. The van der Waals surface area contributed by atoms with Crippen molar-refractivity contribution in [3.63, 3.8) is 0 Å². The lowest BCUT2D eigenvalue weighted by Crippen LogP contribution is -2.22. The SMILES string of the molecule is Cc1csc(C(c2cccc3c2Cc2ccccc2-3)C(F)(F)F)c1. The Hall–Kier alpha value is -2.07. The van der Waals surface area contributed by atoms with Gasteiger partial charge < -0.3 is 0 Å². The number of alkyl halides is 3. The predicted molar refractivity (Wildman–Crippen MR) is 91.6 cm³/mol. The Morgan fingerprint density at radius 3 is 2.46 bits per heavy atom. The van der Waals surface area contributed by atoms with Gasteiger partial charge in [-0.3, -0.25) is 0 Å². The van der Waals surface area contributed by atoms with E-state index < -0.39 is 12.1 Å². The molecule has 1 aromatic heterocycles. The lowest BCUT2D eigenvalue weighted by molar-refractivity contribution is -0.140. The van der Waals surface area contributed by atoms with Crippen molar-refractivity contribution in [1.82, 2.24) is 0 Å². The second-order valence-electron chi connectivity index (χ2n) is 6.21. The number of fused-ring (bicyclic) bond motifs is 3. The zero-order valence-corrected chi connectivity index (χ0v) is 13.8. The molecular weight excluding hydrogens is 329 g/mol.